The molecule has 0 aromatic heterocycles. The molecule has 0 amide bonds. The van der Waals surface area contributed by atoms with Crippen molar-refractivity contribution in [1.29, 1.82) is 0 Å². The largest absolute Gasteiger partial charge is 0.371 e. The molecule has 0 aromatic rings. The van der Waals surface area contributed by atoms with Gasteiger partial charge in [-0.1, -0.05) is 11.8 Å². The first-order valence-electron chi connectivity index (χ1n) is 2.91. The predicted octanol–water partition coefficient (Wildman–Crippen LogP) is 1.70. The Labute approximate surface area is 60.9 Å². The van der Waals surface area contributed by atoms with Gasteiger partial charge in [0.1, 0.15) is 10.9 Å². The summed E-state index contributed by atoms with van der Waals surface area (Å²) in [6.45, 7) is 4.00. The molecule has 0 fully saturated rings. The van der Waals surface area contributed by atoms with Crippen molar-refractivity contribution in [2.45, 2.75) is 24.7 Å². The van der Waals surface area contributed by atoms with Gasteiger partial charge in [-0.05, 0) is 13.8 Å². The van der Waals surface area contributed by atoms with E-state index >= 15 is 0 Å². The predicted molar refractivity (Wildman–Crippen MR) is 40.5 cm³/mol. The van der Waals surface area contributed by atoms with Gasteiger partial charge in [0.05, 0.1) is 0 Å². The van der Waals surface area contributed by atoms with Crippen LogP contribution >= 0.6 is 11.8 Å². The molecular formula is C6H14O2S. The average Bonchev–Trinajstić information content (AvgIpc) is 1.87. The van der Waals surface area contributed by atoms with Crippen LogP contribution < -0.4 is 0 Å². The SMILES string of the molecule is COC(C)SC(C)OC. The average molecular weight is 150 g/mol. The maximum Gasteiger partial charge on any atom is 0.102 e. The number of hydrogen-bond donors (Lipinski definition) is 0. The summed E-state index contributed by atoms with van der Waals surface area (Å²) in [5, 5.41) is 0. The summed E-state index contributed by atoms with van der Waals surface area (Å²) >= 11 is 1.66. The first-order chi connectivity index (χ1) is 4.20. The number of methoxy groups -OCH3 is 2. The van der Waals surface area contributed by atoms with Crippen LogP contribution in [-0.4, -0.2) is 25.1 Å². The summed E-state index contributed by atoms with van der Waals surface area (Å²) in [6, 6.07) is 0. The molecule has 0 saturated carbocycles. The van der Waals surface area contributed by atoms with Crippen LogP contribution in [0.4, 0.5) is 0 Å². The number of rotatable bonds is 4. The Morgan fingerprint density at radius 2 is 1.33 bits per heavy atom. The highest BCUT2D eigenvalue weighted by Gasteiger charge is 2.05. The molecule has 0 aliphatic heterocycles. The zero-order valence-electron chi connectivity index (χ0n) is 6.38. The van der Waals surface area contributed by atoms with Crippen LogP contribution in [0.15, 0.2) is 0 Å². The second kappa shape index (κ2) is 5.09. The molecule has 0 aliphatic carbocycles. The summed E-state index contributed by atoms with van der Waals surface area (Å²) in [7, 11) is 3.39. The second-order valence-corrected chi connectivity index (χ2v) is 3.34. The van der Waals surface area contributed by atoms with E-state index in [0.29, 0.717) is 0 Å². The van der Waals surface area contributed by atoms with Crippen LogP contribution in [0.1, 0.15) is 13.8 Å². The zero-order valence-corrected chi connectivity index (χ0v) is 7.20. The van der Waals surface area contributed by atoms with E-state index in [1.807, 2.05) is 13.8 Å². The van der Waals surface area contributed by atoms with Crippen molar-refractivity contribution < 1.29 is 9.47 Å². The van der Waals surface area contributed by atoms with Gasteiger partial charge in [0.25, 0.3) is 0 Å². The molecule has 2 atom stereocenters. The van der Waals surface area contributed by atoms with Gasteiger partial charge in [-0.2, -0.15) is 0 Å². The highest BCUT2D eigenvalue weighted by molar-refractivity contribution is 8.00. The van der Waals surface area contributed by atoms with Gasteiger partial charge in [0, 0.05) is 14.2 Å². The zero-order chi connectivity index (χ0) is 7.28. The van der Waals surface area contributed by atoms with Crippen LogP contribution in [0.3, 0.4) is 0 Å². The van der Waals surface area contributed by atoms with Crippen LogP contribution in [0.2, 0.25) is 0 Å². The Hall–Kier alpha value is 0.270. The lowest BCUT2D eigenvalue weighted by atomic mass is 10.8. The number of thioether (sulfide) groups is 1. The van der Waals surface area contributed by atoms with Crippen molar-refractivity contribution in [1.82, 2.24) is 0 Å². The third-order valence-electron chi connectivity index (χ3n) is 1.05. The highest BCUT2D eigenvalue weighted by Crippen LogP contribution is 2.17. The third-order valence-corrected chi connectivity index (χ3v) is 2.20. The lowest BCUT2D eigenvalue weighted by Crippen LogP contribution is -2.07. The van der Waals surface area contributed by atoms with E-state index in [9.17, 15) is 0 Å². The lowest BCUT2D eigenvalue weighted by Gasteiger charge is -2.13. The van der Waals surface area contributed by atoms with Crippen LogP contribution in [0, 0.1) is 0 Å². The molecule has 0 rings (SSSR count). The van der Waals surface area contributed by atoms with Crippen molar-refractivity contribution in [3.8, 4) is 0 Å². The Morgan fingerprint density at radius 1 is 1.00 bits per heavy atom. The quantitative estimate of drug-likeness (QED) is 0.568. The van der Waals surface area contributed by atoms with Gasteiger partial charge in [-0.15, -0.1) is 0 Å². The minimum absolute atomic E-state index is 0.222. The van der Waals surface area contributed by atoms with Crippen molar-refractivity contribution >= 4 is 11.8 Å². The summed E-state index contributed by atoms with van der Waals surface area (Å²) < 4.78 is 10.0. The van der Waals surface area contributed by atoms with Crippen molar-refractivity contribution in [3.05, 3.63) is 0 Å². The van der Waals surface area contributed by atoms with E-state index in [2.05, 4.69) is 0 Å². The van der Waals surface area contributed by atoms with Gasteiger partial charge in [-0.25, -0.2) is 0 Å². The molecule has 9 heavy (non-hydrogen) atoms. The van der Waals surface area contributed by atoms with E-state index < -0.39 is 0 Å². The van der Waals surface area contributed by atoms with E-state index in [4.69, 9.17) is 9.47 Å². The molecule has 2 nitrogen and oxygen atoms in total. The topological polar surface area (TPSA) is 18.5 Å². The fourth-order valence-corrected chi connectivity index (χ4v) is 1.14. The van der Waals surface area contributed by atoms with Gasteiger partial charge >= 0.3 is 0 Å². The molecule has 0 radical (unpaired) electrons. The Kier molecular flexibility index (Phi) is 5.24. The van der Waals surface area contributed by atoms with Crippen molar-refractivity contribution in [3.63, 3.8) is 0 Å². The maximum absolute atomic E-state index is 5.01. The fraction of sp³-hybridized carbons (Fsp3) is 1.00. The fourth-order valence-electron chi connectivity index (χ4n) is 0.381. The number of hydrogen-bond acceptors (Lipinski definition) is 3. The second-order valence-electron chi connectivity index (χ2n) is 1.74. The Bertz CT molecular complexity index is 60.1. The summed E-state index contributed by atoms with van der Waals surface area (Å²) in [4.78, 5) is 0. The molecular weight excluding hydrogens is 136 g/mol. The Morgan fingerprint density at radius 3 is 1.56 bits per heavy atom. The van der Waals surface area contributed by atoms with Crippen LogP contribution in [0.5, 0.6) is 0 Å². The molecule has 0 heterocycles. The molecule has 0 spiro atoms. The molecule has 0 aliphatic rings. The Balaban J connectivity index is 3.22. The van der Waals surface area contributed by atoms with Crippen LogP contribution in [-0.2, 0) is 9.47 Å². The minimum atomic E-state index is 0.222. The summed E-state index contributed by atoms with van der Waals surface area (Å²) in [5.74, 6) is 0. The smallest absolute Gasteiger partial charge is 0.102 e. The molecule has 0 aromatic carbocycles. The van der Waals surface area contributed by atoms with Gasteiger partial charge in [0.2, 0.25) is 0 Å². The van der Waals surface area contributed by atoms with E-state index in [1.54, 1.807) is 26.0 Å². The molecule has 56 valence electrons. The minimum Gasteiger partial charge on any atom is -0.371 e. The van der Waals surface area contributed by atoms with Gasteiger partial charge < -0.3 is 9.47 Å². The van der Waals surface area contributed by atoms with Gasteiger partial charge in [0.15, 0.2) is 0 Å². The monoisotopic (exact) mass is 150 g/mol. The lowest BCUT2D eigenvalue weighted by molar-refractivity contribution is 0.165. The summed E-state index contributed by atoms with van der Waals surface area (Å²) in [6.07, 6.45) is 0. The normalized spacial score (nSPS) is 17.3. The summed E-state index contributed by atoms with van der Waals surface area (Å²) in [5.41, 5.74) is 0.444. The molecule has 3 heteroatoms. The standard InChI is InChI=1S/C6H14O2S/c1-5(7-3)9-6(2)8-4/h5-6H,1-4H3. The molecule has 0 bridgehead atoms. The first-order valence-corrected chi connectivity index (χ1v) is 3.86. The van der Waals surface area contributed by atoms with Crippen molar-refractivity contribution in [2.24, 2.45) is 0 Å². The van der Waals surface area contributed by atoms with Crippen molar-refractivity contribution in [2.75, 3.05) is 14.2 Å². The van der Waals surface area contributed by atoms with E-state index in [0.717, 1.165) is 0 Å². The van der Waals surface area contributed by atoms with E-state index in [-0.39, 0.29) is 10.9 Å². The van der Waals surface area contributed by atoms with Crippen LogP contribution in [0.25, 0.3) is 0 Å². The van der Waals surface area contributed by atoms with E-state index in [1.165, 1.54) is 0 Å². The molecule has 0 N–H and O–H groups in total. The number of ether oxygens (including phenoxy) is 2. The van der Waals surface area contributed by atoms with Gasteiger partial charge in [-0.3, -0.25) is 0 Å². The molecule has 0 saturated heterocycles. The molecule has 2 unspecified atom stereocenters. The third kappa shape index (κ3) is 4.75. The highest BCUT2D eigenvalue weighted by atomic mass is 32.2. The maximum atomic E-state index is 5.01. The first kappa shape index (κ1) is 9.27.